The van der Waals surface area contributed by atoms with Crippen molar-refractivity contribution >= 4 is 11.8 Å². The molecule has 3 rings (SSSR count). The Hall–Kier alpha value is -3.10. The molecule has 1 unspecified atom stereocenters. The average molecular weight is 470 g/mol. The molecule has 34 heavy (non-hydrogen) atoms. The van der Waals surface area contributed by atoms with Crippen LogP contribution in [0.25, 0.3) is 0 Å². The molecule has 1 heterocycles. The molecule has 1 fully saturated rings. The Kier molecular flexibility index (Phi) is 8.17. The second kappa shape index (κ2) is 10.9. The third kappa shape index (κ3) is 7.20. The van der Waals surface area contributed by atoms with Gasteiger partial charge < -0.3 is 31.3 Å². The van der Waals surface area contributed by atoms with Crippen LogP contribution in [0.2, 0.25) is 0 Å². The molecule has 0 aromatic heterocycles. The fraction of sp³-hybridized carbons (Fsp3) is 0.462. The summed E-state index contributed by atoms with van der Waals surface area (Å²) in [6.45, 7) is 5.42. The summed E-state index contributed by atoms with van der Waals surface area (Å²) in [4.78, 5) is 25.9. The van der Waals surface area contributed by atoms with Crippen LogP contribution in [0.5, 0.6) is 11.5 Å². The number of phenols is 2. The molecule has 0 spiro atoms. The van der Waals surface area contributed by atoms with E-state index in [0.29, 0.717) is 44.3 Å². The summed E-state index contributed by atoms with van der Waals surface area (Å²) in [6, 6.07) is 12.0. The molecule has 1 atom stereocenters. The van der Waals surface area contributed by atoms with Gasteiger partial charge in [-0.25, -0.2) is 0 Å². The number of phenolic OH excluding ortho intramolecular Hbond substituents is 2. The quantitative estimate of drug-likeness (QED) is 0.381. The maximum atomic E-state index is 12.7. The molecule has 0 bridgehead atoms. The SMILES string of the molecule is CC(C)(Cc1cccc(CC(=O)N2CCC(C(N)=O)CC2)c1)NCC(O)c1cc(O)cc(O)c1. The normalized spacial score (nSPS) is 15.8. The van der Waals surface area contributed by atoms with Gasteiger partial charge in [0.1, 0.15) is 11.5 Å². The van der Waals surface area contributed by atoms with E-state index in [4.69, 9.17) is 5.73 Å². The third-order valence-electron chi connectivity index (χ3n) is 6.33. The van der Waals surface area contributed by atoms with Crippen molar-refractivity contribution in [3.63, 3.8) is 0 Å². The zero-order valence-corrected chi connectivity index (χ0v) is 19.8. The van der Waals surface area contributed by atoms with E-state index in [1.54, 1.807) is 4.90 Å². The lowest BCUT2D eigenvalue weighted by Crippen LogP contribution is -2.43. The fourth-order valence-corrected chi connectivity index (χ4v) is 4.42. The Morgan fingerprint density at radius 1 is 1.09 bits per heavy atom. The summed E-state index contributed by atoms with van der Waals surface area (Å²) in [6.07, 6.45) is 1.34. The van der Waals surface area contributed by atoms with Crippen LogP contribution < -0.4 is 11.1 Å². The molecular formula is C26H35N3O5. The van der Waals surface area contributed by atoms with Crippen LogP contribution in [0.1, 0.15) is 49.5 Å². The molecular weight excluding hydrogens is 434 g/mol. The first-order chi connectivity index (χ1) is 16.0. The van der Waals surface area contributed by atoms with Gasteiger partial charge in [0.2, 0.25) is 11.8 Å². The van der Waals surface area contributed by atoms with Crippen molar-refractivity contribution in [3.05, 3.63) is 59.2 Å². The highest BCUT2D eigenvalue weighted by molar-refractivity contribution is 5.80. The van der Waals surface area contributed by atoms with Crippen LogP contribution >= 0.6 is 0 Å². The average Bonchev–Trinajstić information content (AvgIpc) is 2.77. The maximum Gasteiger partial charge on any atom is 0.226 e. The summed E-state index contributed by atoms with van der Waals surface area (Å²) in [7, 11) is 0. The van der Waals surface area contributed by atoms with E-state index in [1.807, 2.05) is 38.1 Å². The molecule has 0 radical (unpaired) electrons. The van der Waals surface area contributed by atoms with Crippen molar-refractivity contribution in [1.82, 2.24) is 10.2 Å². The molecule has 2 aromatic carbocycles. The van der Waals surface area contributed by atoms with Gasteiger partial charge >= 0.3 is 0 Å². The Morgan fingerprint density at radius 2 is 1.71 bits per heavy atom. The number of β-amino-alcohol motifs (C(OH)–C–C–N with tert-alkyl or cyclic N) is 1. The lowest BCUT2D eigenvalue weighted by molar-refractivity contribution is -0.134. The minimum Gasteiger partial charge on any atom is -0.508 e. The van der Waals surface area contributed by atoms with Gasteiger partial charge in [-0.1, -0.05) is 24.3 Å². The van der Waals surface area contributed by atoms with Gasteiger partial charge in [0.05, 0.1) is 12.5 Å². The van der Waals surface area contributed by atoms with E-state index in [2.05, 4.69) is 5.32 Å². The number of primary amides is 1. The number of carbonyl (C=O) groups excluding carboxylic acids is 2. The van der Waals surface area contributed by atoms with Gasteiger partial charge in [0, 0.05) is 37.2 Å². The molecule has 1 aliphatic heterocycles. The van der Waals surface area contributed by atoms with Crippen LogP contribution in [-0.4, -0.2) is 57.2 Å². The number of aromatic hydroxyl groups is 2. The lowest BCUT2D eigenvalue weighted by atomic mass is 9.92. The first kappa shape index (κ1) is 25.5. The van der Waals surface area contributed by atoms with Crippen LogP contribution in [0.4, 0.5) is 0 Å². The predicted octanol–water partition coefficient (Wildman–Crippen LogP) is 2.01. The van der Waals surface area contributed by atoms with E-state index in [9.17, 15) is 24.9 Å². The van der Waals surface area contributed by atoms with Gasteiger partial charge in [-0.3, -0.25) is 9.59 Å². The van der Waals surface area contributed by atoms with E-state index < -0.39 is 6.10 Å². The second-order valence-electron chi connectivity index (χ2n) is 9.79. The number of hydrogen-bond donors (Lipinski definition) is 5. The standard InChI is InChI=1S/C26H35N3O5/c1-26(2,28-16-23(32)20-12-21(30)14-22(31)13-20)15-18-5-3-4-17(10-18)11-24(33)29-8-6-19(7-9-29)25(27)34/h3-5,10,12-14,19,23,28,30-32H,6-9,11,15-16H2,1-2H3,(H2,27,34). The highest BCUT2D eigenvalue weighted by Gasteiger charge is 2.26. The minimum absolute atomic E-state index is 0.0509. The Labute approximate surface area is 200 Å². The van der Waals surface area contributed by atoms with Crippen LogP contribution in [0, 0.1) is 5.92 Å². The molecule has 0 saturated carbocycles. The van der Waals surface area contributed by atoms with Crippen molar-refractivity contribution in [2.24, 2.45) is 11.7 Å². The van der Waals surface area contributed by atoms with Gasteiger partial charge in [0.15, 0.2) is 0 Å². The van der Waals surface area contributed by atoms with Crippen molar-refractivity contribution in [2.45, 2.75) is 51.2 Å². The van der Waals surface area contributed by atoms with Crippen LogP contribution in [0.3, 0.4) is 0 Å². The molecule has 2 aromatic rings. The van der Waals surface area contributed by atoms with Crippen LogP contribution in [0.15, 0.2) is 42.5 Å². The number of carbonyl (C=O) groups is 2. The third-order valence-corrected chi connectivity index (χ3v) is 6.33. The Bertz CT molecular complexity index is 995. The summed E-state index contributed by atoms with van der Waals surface area (Å²) < 4.78 is 0. The number of benzene rings is 2. The molecule has 8 nitrogen and oxygen atoms in total. The maximum absolute atomic E-state index is 12.7. The largest absolute Gasteiger partial charge is 0.508 e. The number of hydrogen-bond acceptors (Lipinski definition) is 6. The Morgan fingerprint density at radius 3 is 2.32 bits per heavy atom. The van der Waals surface area contributed by atoms with Crippen molar-refractivity contribution in [2.75, 3.05) is 19.6 Å². The number of amides is 2. The molecule has 1 aliphatic rings. The number of nitrogens with one attached hydrogen (secondary N) is 1. The van der Waals surface area contributed by atoms with Crippen molar-refractivity contribution < 1.29 is 24.9 Å². The predicted molar refractivity (Wildman–Crippen MR) is 129 cm³/mol. The molecule has 184 valence electrons. The number of aliphatic hydroxyl groups is 1. The van der Waals surface area contributed by atoms with E-state index in [-0.39, 0.29) is 41.3 Å². The second-order valence-corrected chi connectivity index (χ2v) is 9.79. The summed E-state index contributed by atoms with van der Waals surface area (Å²) >= 11 is 0. The van der Waals surface area contributed by atoms with E-state index in [1.165, 1.54) is 18.2 Å². The number of nitrogens with two attached hydrogens (primary N) is 1. The molecule has 0 aliphatic carbocycles. The number of piperidine rings is 1. The number of nitrogens with zero attached hydrogens (tertiary/aromatic N) is 1. The smallest absolute Gasteiger partial charge is 0.226 e. The molecule has 6 N–H and O–H groups in total. The minimum atomic E-state index is -0.889. The lowest BCUT2D eigenvalue weighted by Gasteiger charge is -2.31. The highest BCUT2D eigenvalue weighted by atomic mass is 16.3. The topological polar surface area (TPSA) is 136 Å². The summed E-state index contributed by atoms with van der Waals surface area (Å²) in [5, 5.41) is 33.1. The first-order valence-corrected chi connectivity index (χ1v) is 11.6. The Balaban J connectivity index is 1.54. The summed E-state index contributed by atoms with van der Waals surface area (Å²) in [5.41, 5.74) is 7.47. The van der Waals surface area contributed by atoms with Crippen molar-refractivity contribution in [3.8, 4) is 11.5 Å². The van der Waals surface area contributed by atoms with Gasteiger partial charge in [-0.2, -0.15) is 0 Å². The van der Waals surface area contributed by atoms with Gasteiger partial charge in [0.25, 0.3) is 0 Å². The van der Waals surface area contributed by atoms with Crippen molar-refractivity contribution in [1.29, 1.82) is 0 Å². The van der Waals surface area contributed by atoms with E-state index in [0.717, 1.165) is 11.1 Å². The monoisotopic (exact) mass is 469 g/mol. The molecule has 8 heteroatoms. The highest BCUT2D eigenvalue weighted by Crippen LogP contribution is 2.25. The van der Waals surface area contributed by atoms with E-state index >= 15 is 0 Å². The number of aliphatic hydroxyl groups excluding tert-OH is 1. The fourth-order valence-electron chi connectivity index (χ4n) is 4.42. The van der Waals surface area contributed by atoms with Crippen LogP contribution in [-0.2, 0) is 22.4 Å². The van der Waals surface area contributed by atoms with Gasteiger partial charge in [-0.05, 0) is 61.9 Å². The van der Waals surface area contributed by atoms with Gasteiger partial charge in [-0.15, -0.1) is 0 Å². The molecule has 2 amide bonds. The summed E-state index contributed by atoms with van der Waals surface area (Å²) in [5.74, 6) is -0.578. The first-order valence-electron chi connectivity index (χ1n) is 11.6. The zero-order chi connectivity index (χ0) is 24.9. The number of likely N-dealkylation sites (tertiary alicyclic amines) is 1. The number of rotatable bonds is 9. The zero-order valence-electron chi connectivity index (χ0n) is 19.8. The molecule has 1 saturated heterocycles.